The van der Waals surface area contributed by atoms with Crippen molar-refractivity contribution in [3.63, 3.8) is 0 Å². The topological polar surface area (TPSA) is 51.6 Å². The Balaban J connectivity index is 2.20. The highest BCUT2D eigenvalue weighted by Crippen LogP contribution is 2.29. The van der Waals surface area contributed by atoms with Crippen molar-refractivity contribution in [2.45, 2.75) is 26.6 Å². The van der Waals surface area contributed by atoms with E-state index in [1.165, 1.54) is 0 Å². The number of ether oxygens (including phenoxy) is 2. The second-order valence-corrected chi connectivity index (χ2v) is 5.70. The lowest BCUT2D eigenvalue weighted by Crippen LogP contribution is -2.03. The Bertz CT molecular complexity index is 629. The van der Waals surface area contributed by atoms with E-state index in [0.717, 1.165) is 27.2 Å². The Morgan fingerprint density at radius 1 is 1.29 bits per heavy atom. The molecule has 112 valence electrons. The van der Waals surface area contributed by atoms with Crippen LogP contribution in [0.4, 0.5) is 0 Å². The number of rotatable bonds is 5. The van der Waals surface area contributed by atoms with Crippen molar-refractivity contribution in [1.29, 1.82) is 0 Å². The van der Waals surface area contributed by atoms with Crippen molar-refractivity contribution in [3.8, 4) is 11.5 Å². The standard InChI is InChI=1S/C16H18BrNO3/c1-10-6-14(20-3)8-13(18-10)9-21-16-7-12(17)4-5-15(16)11(2)19/h4-8,11,19H,9H2,1-3H3/t11-/m0/s1. The van der Waals surface area contributed by atoms with Gasteiger partial charge in [0.15, 0.2) is 0 Å². The number of pyridine rings is 1. The molecular formula is C16H18BrNO3. The predicted octanol–water partition coefficient (Wildman–Crippen LogP) is 3.79. The van der Waals surface area contributed by atoms with Crippen LogP contribution in [-0.4, -0.2) is 17.2 Å². The molecule has 4 nitrogen and oxygen atoms in total. The van der Waals surface area contributed by atoms with Crippen LogP contribution < -0.4 is 9.47 Å². The fourth-order valence-corrected chi connectivity index (χ4v) is 2.36. The smallest absolute Gasteiger partial charge is 0.130 e. The minimum atomic E-state index is -0.590. The summed E-state index contributed by atoms with van der Waals surface area (Å²) in [5.74, 6) is 1.40. The molecule has 1 atom stereocenters. The third kappa shape index (κ3) is 4.19. The van der Waals surface area contributed by atoms with Gasteiger partial charge in [-0.15, -0.1) is 0 Å². The zero-order valence-electron chi connectivity index (χ0n) is 12.3. The van der Waals surface area contributed by atoms with E-state index >= 15 is 0 Å². The highest BCUT2D eigenvalue weighted by Gasteiger charge is 2.10. The quantitative estimate of drug-likeness (QED) is 0.890. The molecule has 2 rings (SSSR count). The fraction of sp³-hybridized carbons (Fsp3) is 0.312. The first-order chi connectivity index (χ1) is 9.99. The average Bonchev–Trinajstić information content (AvgIpc) is 2.44. The maximum atomic E-state index is 9.79. The summed E-state index contributed by atoms with van der Waals surface area (Å²) in [6.07, 6.45) is -0.590. The van der Waals surface area contributed by atoms with E-state index in [2.05, 4.69) is 20.9 Å². The van der Waals surface area contributed by atoms with Crippen molar-refractivity contribution in [3.05, 3.63) is 51.8 Å². The normalized spacial score (nSPS) is 12.0. The van der Waals surface area contributed by atoms with Crippen molar-refractivity contribution >= 4 is 15.9 Å². The summed E-state index contributed by atoms with van der Waals surface area (Å²) in [4.78, 5) is 4.41. The van der Waals surface area contributed by atoms with Gasteiger partial charge in [-0.05, 0) is 26.0 Å². The van der Waals surface area contributed by atoms with Gasteiger partial charge in [0.2, 0.25) is 0 Å². The van der Waals surface area contributed by atoms with Crippen LogP contribution in [0.15, 0.2) is 34.8 Å². The monoisotopic (exact) mass is 351 g/mol. The van der Waals surface area contributed by atoms with Crippen LogP contribution in [0.3, 0.4) is 0 Å². The number of hydrogen-bond donors (Lipinski definition) is 1. The van der Waals surface area contributed by atoms with E-state index < -0.39 is 6.10 Å². The van der Waals surface area contributed by atoms with Crippen LogP contribution in [0.2, 0.25) is 0 Å². The Labute approximate surface area is 132 Å². The molecule has 0 aliphatic rings. The van der Waals surface area contributed by atoms with Gasteiger partial charge in [-0.1, -0.05) is 22.0 Å². The van der Waals surface area contributed by atoms with Gasteiger partial charge in [0, 0.05) is 27.9 Å². The number of halogens is 1. The van der Waals surface area contributed by atoms with Crippen molar-refractivity contribution in [2.75, 3.05) is 7.11 Å². The van der Waals surface area contributed by atoms with Crippen LogP contribution in [0.1, 0.15) is 30.0 Å². The van der Waals surface area contributed by atoms with Gasteiger partial charge in [0.25, 0.3) is 0 Å². The number of nitrogens with zero attached hydrogens (tertiary/aromatic N) is 1. The number of aromatic nitrogens is 1. The molecule has 0 radical (unpaired) electrons. The van der Waals surface area contributed by atoms with Gasteiger partial charge in [-0.2, -0.15) is 0 Å². The molecule has 0 saturated heterocycles. The molecule has 5 heteroatoms. The SMILES string of the molecule is COc1cc(C)nc(COc2cc(Br)ccc2[C@H](C)O)c1. The summed E-state index contributed by atoms with van der Waals surface area (Å²) in [5.41, 5.74) is 2.40. The molecule has 0 bridgehead atoms. The molecular weight excluding hydrogens is 334 g/mol. The Kier molecular flexibility index (Phi) is 5.20. The molecule has 0 unspecified atom stereocenters. The molecule has 1 heterocycles. The number of benzene rings is 1. The minimum Gasteiger partial charge on any atom is -0.497 e. The minimum absolute atomic E-state index is 0.314. The van der Waals surface area contributed by atoms with E-state index in [1.54, 1.807) is 14.0 Å². The summed E-state index contributed by atoms with van der Waals surface area (Å²) < 4.78 is 11.9. The largest absolute Gasteiger partial charge is 0.497 e. The maximum Gasteiger partial charge on any atom is 0.130 e. The van der Waals surface area contributed by atoms with Gasteiger partial charge in [-0.3, -0.25) is 4.98 Å². The van der Waals surface area contributed by atoms with Crippen LogP contribution >= 0.6 is 15.9 Å². The van der Waals surface area contributed by atoms with Crippen molar-refractivity contribution < 1.29 is 14.6 Å². The molecule has 2 aromatic rings. The molecule has 0 aliphatic heterocycles. The Hall–Kier alpha value is -1.59. The van der Waals surface area contributed by atoms with Gasteiger partial charge < -0.3 is 14.6 Å². The van der Waals surface area contributed by atoms with E-state index in [9.17, 15) is 5.11 Å². The number of aryl methyl sites for hydroxylation is 1. The molecule has 1 aromatic carbocycles. The molecule has 21 heavy (non-hydrogen) atoms. The van der Waals surface area contributed by atoms with Gasteiger partial charge in [-0.25, -0.2) is 0 Å². The first kappa shape index (κ1) is 15.8. The number of hydrogen-bond acceptors (Lipinski definition) is 4. The van der Waals surface area contributed by atoms with E-state index in [1.807, 2.05) is 37.3 Å². The van der Waals surface area contributed by atoms with Crippen LogP contribution in [0, 0.1) is 6.92 Å². The molecule has 1 aromatic heterocycles. The summed E-state index contributed by atoms with van der Waals surface area (Å²) in [7, 11) is 1.62. The molecule has 0 amide bonds. The third-order valence-corrected chi connectivity index (χ3v) is 3.51. The zero-order valence-corrected chi connectivity index (χ0v) is 13.8. The van der Waals surface area contributed by atoms with E-state index in [4.69, 9.17) is 9.47 Å². The third-order valence-electron chi connectivity index (χ3n) is 3.02. The molecule has 0 saturated carbocycles. The van der Waals surface area contributed by atoms with E-state index in [0.29, 0.717) is 12.4 Å². The summed E-state index contributed by atoms with van der Waals surface area (Å²) >= 11 is 3.41. The number of aliphatic hydroxyl groups is 1. The first-order valence-corrected chi connectivity index (χ1v) is 7.40. The highest BCUT2D eigenvalue weighted by atomic mass is 79.9. The second kappa shape index (κ2) is 6.91. The average molecular weight is 352 g/mol. The second-order valence-electron chi connectivity index (χ2n) is 4.79. The lowest BCUT2D eigenvalue weighted by Gasteiger charge is -2.14. The molecule has 0 spiro atoms. The van der Waals surface area contributed by atoms with Crippen LogP contribution in [0.5, 0.6) is 11.5 Å². The van der Waals surface area contributed by atoms with Crippen LogP contribution in [0.25, 0.3) is 0 Å². The van der Waals surface area contributed by atoms with Gasteiger partial charge in [0.1, 0.15) is 18.1 Å². The molecule has 0 fully saturated rings. The molecule has 0 aliphatic carbocycles. The highest BCUT2D eigenvalue weighted by molar-refractivity contribution is 9.10. The Morgan fingerprint density at radius 2 is 2.05 bits per heavy atom. The van der Waals surface area contributed by atoms with Gasteiger partial charge in [0.05, 0.1) is 18.9 Å². The summed E-state index contributed by atoms with van der Waals surface area (Å²) in [6, 6.07) is 9.27. The van der Waals surface area contributed by atoms with Crippen LogP contribution in [-0.2, 0) is 6.61 Å². The number of methoxy groups -OCH3 is 1. The first-order valence-electron chi connectivity index (χ1n) is 6.61. The lowest BCUT2D eigenvalue weighted by atomic mass is 10.1. The number of aliphatic hydroxyl groups excluding tert-OH is 1. The fourth-order valence-electron chi connectivity index (χ4n) is 2.02. The summed E-state index contributed by atoms with van der Waals surface area (Å²) in [6.45, 7) is 3.94. The lowest BCUT2D eigenvalue weighted by molar-refractivity contribution is 0.189. The Morgan fingerprint density at radius 3 is 2.71 bits per heavy atom. The molecule has 1 N–H and O–H groups in total. The summed E-state index contributed by atoms with van der Waals surface area (Å²) in [5, 5.41) is 9.79. The van der Waals surface area contributed by atoms with Crippen molar-refractivity contribution in [2.24, 2.45) is 0 Å². The maximum absolute atomic E-state index is 9.79. The van der Waals surface area contributed by atoms with E-state index in [-0.39, 0.29) is 0 Å². The van der Waals surface area contributed by atoms with Crippen molar-refractivity contribution in [1.82, 2.24) is 4.98 Å². The zero-order chi connectivity index (χ0) is 15.4. The predicted molar refractivity (Wildman–Crippen MR) is 84.6 cm³/mol. The van der Waals surface area contributed by atoms with Gasteiger partial charge >= 0.3 is 0 Å².